The van der Waals surface area contributed by atoms with Gasteiger partial charge >= 0.3 is 0 Å². The van der Waals surface area contributed by atoms with Crippen LogP contribution in [0.2, 0.25) is 0 Å². The van der Waals surface area contributed by atoms with Crippen LogP contribution in [0.3, 0.4) is 0 Å². The molecule has 1 aliphatic rings. The van der Waals surface area contributed by atoms with Crippen LogP contribution in [0.25, 0.3) is 0 Å². The number of thiophene rings is 1. The Morgan fingerprint density at radius 2 is 1.73 bits per heavy atom. The van der Waals surface area contributed by atoms with Gasteiger partial charge in [0, 0.05) is 17.2 Å². The molecule has 3 amide bonds. The van der Waals surface area contributed by atoms with Gasteiger partial charge in [-0.3, -0.25) is 25.2 Å². The molecular weight excluding hydrogens is 350 g/mol. The van der Waals surface area contributed by atoms with Crippen LogP contribution < -0.4 is 16.2 Å². The van der Waals surface area contributed by atoms with Crippen LogP contribution in [-0.4, -0.2) is 17.7 Å². The zero-order valence-corrected chi connectivity index (χ0v) is 15.1. The molecule has 0 unspecified atom stereocenters. The van der Waals surface area contributed by atoms with Crippen LogP contribution in [0.1, 0.15) is 52.1 Å². The van der Waals surface area contributed by atoms with Crippen molar-refractivity contribution in [2.75, 3.05) is 5.32 Å². The van der Waals surface area contributed by atoms with E-state index in [1.54, 1.807) is 36.4 Å². The molecule has 26 heavy (non-hydrogen) atoms. The highest BCUT2D eigenvalue weighted by atomic mass is 32.1. The van der Waals surface area contributed by atoms with E-state index in [0.29, 0.717) is 16.1 Å². The zero-order valence-electron chi connectivity index (χ0n) is 14.3. The van der Waals surface area contributed by atoms with E-state index in [-0.39, 0.29) is 17.7 Å². The highest BCUT2D eigenvalue weighted by molar-refractivity contribution is 7.12. The maximum Gasteiger partial charge on any atom is 0.269 e. The van der Waals surface area contributed by atoms with Crippen LogP contribution in [0.4, 0.5) is 5.69 Å². The molecule has 136 valence electrons. The maximum absolute atomic E-state index is 12.3. The van der Waals surface area contributed by atoms with Crippen molar-refractivity contribution < 1.29 is 14.4 Å². The van der Waals surface area contributed by atoms with Crippen LogP contribution in [0.15, 0.2) is 41.8 Å². The summed E-state index contributed by atoms with van der Waals surface area (Å²) in [6.45, 7) is 0. The summed E-state index contributed by atoms with van der Waals surface area (Å²) in [5.41, 5.74) is 5.85. The lowest BCUT2D eigenvalue weighted by atomic mass is 9.89. The molecule has 0 bridgehead atoms. The lowest BCUT2D eigenvalue weighted by Crippen LogP contribution is -2.44. The van der Waals surface area contributed by atoms with E-state index in [9.17, 15) is 14.4 Å². The second-order valence-electron chi connectivity index (χ2n) is 6.29. The average Bonchev–Trinajstić information content (AvgIpc) is 3.22. The smallest absolute Gasteiger partial charge is 0.269 e. The zero-order chi connectivity index (χ0) is 18.4. The standard InChI is InChI=1S/C19H21N3O3S/c23-17(13-6-2-1-3-7-13)21-22-18(24)14-8-4-9-15(12-14)20-19(25)16-10-5-11-26-16/h4-5,8-13H,1-3,6-7H2,(H,20,25)(H,21,23)(H,22,24). The molecule has 1 aromatic carbocycles. The fraction of sp³-hybridized carbons (Fsp3) is 0.316. The number of nitrogens with one attached hydrogen (secondary N) is 3. The van der Waals surface area contributed by atoms with Crippen molar-refractivity contribution in [1.82, 2.24) is 10.9 Å². The van der Waals surface area contributed by atoms with Crippen LogP contribution in [0.5, 0.6) is 0 Å². The van der Waals surface area contributed by atoms with Gasteiger partial charge in [-0.15, -0.1) is 11.3 Å². The fourth-order valence-electron chi connectivity index (χ4n) is 3.00. The number of hydrazine groups is 1. The van der Waals surface area contributed by atoms with E-state index in [0.717, 1.165) is 25.7 Å². The number of hydrogen-bond acceptors (Lipinski definition) is 4. The highest BCUT2D eigenvalue weighted by Gasteiger charge is 2.21. The predicted octanol–water partition coefficient (Wildman–Crippen LogP) is 3.34. The van der Waals surface area contributed by atoms with Gasteiger partial charge in [-0.25, -0.2) is 0 Å². The molecule has 1 heterocycles. The van der Waals surface area contributed by atoms with Crippen molar-refractivity contribution in [2.45, 2.75) is 32.1 Å². The van der Waals surface area contributed by atoms with Crippen LogP contribution >= 0.6 is 11.3 Å². The van der Waals surface area contributed by atoms with E-state index in [4.69, 9.17) is 0 Å². The lowest BCUT2D eigenvalue weighted by Gasteiger charge is -2.20. The van der Waals surface area contributed by atoms with Crippen molar-refractivity contribution in [2.24, 2.45) is 5.92 Å². The minimum absolute atomic E-state index is 0.0273. The number of anilines is 1. The molecule has 3 rings (SSSR count). The van der Waals surface area contributed by atoms with Gasteiger partial charge < -0.3 is 5.32 Å². The molecule has 1 fully saturated rings. The number of carbonyl (C=O) groups excluding carboxylic acids is 3. The first-order valence-electron chi connectivity index (χ1n) is 8.68. The average molecular weight is 371 g/mol. The summed E-state index contributed by atoms with van der Waals surface area (Å²) in [6, 6.07) is 10.1. The molecule has 1 aliphatic carbocycles. The molecule has 1 aromatic heterocycles. The van der Waals surface area contributed by atoms with Gasteiger partial charge in [0.05, 0.1) is 4.88 Å². The number of benzene rings is 1. The van der Waals surface area contributed by atoms with Crippen molar-refractivity contribution in [3.63, 3.8) is 0 Å². The van der Waals surface area contributed by atoms with Gasteiger partial charge in [-0.1, -0.05) is 31.4 Å². The van der Waals surface area contributed by atoms with Crippen molar-refractivity contribution in [1.29, 1.82) is 0 Å². The Labute approximate surface area is 156 Å². The Balaban J connectivity index is 1.56. The Bertz CT molecular complexity index is 783. The molecule has 2 aromatic rings. The van der Waals surface area contributed by atoms with Crippen molar-refractivity contribution >= 4 is 34.7 Å². The second-order valence-corrected chi connectivity index (χ2v) is 7.24. The third-order valence-electron chi connectivity index (χ3n) is 4.40. The van der Waals surface area contributed by atoms with Gasteiger partial charge in [-0.2, -0.15) is 0 Å². The Morgan fingerprint density at radius 3 is 2.46 bits per heavy atom. The largest absolute Gasteiger partial charge is 0.321 e. The van der Waals surface area contributed by atoms with E-state index < -0.39 is 5.91 Å². The third kappa shape index (κ3) is 4.70. The highest BCUT2D eigenvalue weighted by Crippen LogP contribution is 2.23. The summed E-state index contributed by atoms with van der Waals surface area (Å²) in [4.78, 5) is 37.0. The maximum atomic E-state index is 12.3. The molecular formula is C19H21N3O3S. The monoisotopic (exact) mass is 371 g/mol. The molecule has 0 atom stereocenters. The van der Waals surface area contributed by atoms with Gasteiger partial charge in [0.15, 0.2) is 0 Å². The van der Waals surface area contributed by atoms with Gasteiger partial charge in [0.25, 0.3) is 11.8 Å². The summed E-state index contributed by atoms with van der Waals surface area (Å²) < 4.78 is 0. The summed E-state index contributed by atoms with van der Waals surface area (Å²) in [5.74, 6) is -0.801. The number of rotatable bonds is 4. The second kappa shape index (κ2) is 8.62. The summed E-state index contributed by atoms with van der Waals surface area (Å²) in [5, 5.41) is 4.59. The minimum atomic E-state index is -0.415. The molecule has 1 saturated carbocycles. The molecule has 0 saturated heterocycles. The van der Waals surface area contributed by atoms with Crippen LogP contribution in [0, 0.1) is 5.92 Å². The van der Waals surface area contributed by atoms with Gasteiger partial charge in [0.1, 0.15) is 0 Å². The first-order valence-corrected chi connectivity index (χ1v) is 9.56. The van der Waals surface area contributed by atoms with E-state index in [1.807, 2.05) is 5.38 Å². The Morgan fingerprint density at radius 1 is 0.923 bits per heavy atom. The predicted molar refractivity (Wildman–Crippen MR) is 101 cm³/mol. The summed E-state index contributed by atoms with van der Waals surface area (Å²) in [6.07, 6.45) is 5.01. The first kappa shape index (κ1) is 18.1. The lowest BCUT2D eigenvalue weighted by molar-refractivity contribution is -0.126. The minimum Gasteiger partial charge on any atom is -0.321 e. The van der Waals surface area contributed by atoms with Crippen LogP contribution in [-0.2, 0) is 4.79 Å². The SMILES string of the molecule is O=C(NNC(=O)C1CCCCC1)c1cccc(NC(=O)c2cccs2)c1. The molecule has 0 aliphatic heterocycles. The molecule has 0 spiro atoms. The van der Waals surface area contributed by atoms with Gasteiger partial charge in [0.2, 0.25) is 5.91 Å². The molecule has 7 heteroatoms. The molecule has 0 radical (unpaired) electrons. The number of carbonyl (C=O) groups is 3. The summed E-state index contributed by atoms with van der Waals surface area (Å²) in [7, 11) is 0. The van der Waals surface area contributed by atoms with E-state index >= 15 is 0 Å². The Hall–Kier alpha value is -2.67. The van der Waals surface area contributed by atoms with E-state index in [2.05, 4.69) is 16.2 Å². The molecule has 6 nitrogen and oxygen atoms in total. The third-order valence-corrected chi connectivity index (χ3v) is 5.27. The van der Waals surface area contributed by atoms with Crippen molar-refractivity contribution in [3.8, 4) is 0 Å². The number of amides is 3. The Kier molecular flexibility index (Phi) is 6.01. The normalized spacial score (nSPS) is 14.5. The number of hydrogen-bond donors (Lipinski definition) is 3. The fourth-order valence-corrected chi connectivity index (χ4v) is 3.61. The van der Waals surface area contributed by atoms with Crippen molar-refractivity contribution in [3.05, 3.63) is 52.2 Å². The van der Waals surface area contributed by atoms with Gasteiger partial charge in [-0.05, 0) is 42.5 Å². The first-order chi connectivity index (χ1) is 12.6. The topological polar surface area (TPSA) is 87.3 Å². The van der Waals surface area contributed by atoms with E-state index in [1.165, 1.54) is 17.8 Å². The summed E-state index contributed by atoms with van der Waals surface area (Å²) >= 11 is 1.35. The molecule has 3 N–H and O–H groups in total. The quantitative estimate of drug-likeness (QED) is 0.720.